The SMILES string of the molecule is Cc1cc(Br)ccc1-c1cc(CN)cs1. The summed E-state index contributed by atoms with van der Waals surface area (Å²) in [5.74, 6) is 0. The van der Waals surface area contributed by atoms with Gasteiger partial charge in [0.2, 0.25) is 0 Å². The zero-order chi connectivity index (χ0) is 10.8. The van der Waals surface area contributed by atoms with Crippen LogP contribution in [-0.4, -0.2) is 0 Å². The van der Waals surface area contributed by atoms with E-state index in [1.54, 1.807) is 11.3 Å². The van der Waals surface area contributed by atoms with E-state index in [0.29, 0.717) is 6.54 Å². The molecule has 0 aliphatic rings. The Balaban J connectivity index is 2.44. The smallest absolute Gasteiger partial charge is 0.0348 e. The molecule has 1 nitrogen and oxygen atoms in total. The maximum Gasteiger partial charge on any atom is 0.0348 e. The van der Waals surface area contributed by atoms with Gasteiger partial charge in [0, 0.05) is 15.9 Å². The number of benzene rings is 1. The van der Waals surface area contributed by atoms with Crippen LogP contribution in [0.1, 0.15) is 11.1 Å². The number of rotatable bonds is 2. The Morgan fingerprint density at radius 3 is 2.73 bits per heavy atom. The third kappa shape index (κ3) is 2.30. The van der Waals surface area contributed by atoms with Crippen LogP contribution in [0.3, 0.4) is 0 Å². The molecule has 0 aliphatic carbocycles. The summed E-state index contributed by atoms with van der Waals surface area (Å²) < 4.78 is 1.12. The lowest BCUT2D eigenvalue weighted by atomic mass is 10.1. The van der Waals surface area contributed by atoms with Crippen molar-refractivity contribution >= 4 is 27.3 Å². The topological polar surface area (TPSA) is 26.0 Å². The standard InChI is InChI=1S/C12H12BrNS/c1-8-4-10(13)2-3-11(8)12-5-9(6-14)7-15-12/h2-5,7H,6,14H2,1H3. The number of nitrogens with two attached hydrogens (primary N) is 1. The zero-order valence-corrected chi connectivity index (χ0v) is 10.9. The number of aryl methyl sites for hydroxylation is 1. The number of hydrogen-bond donors (Lipinski definition) is 1. The average molecular weight is 282 g/mol. The van der Waals surface area contributed by atoms with E-state index in [1.807, 2.05) is 0 Å². The second kappa shape index (κ2) is 4.47. The van der Waals surface area contributed by atoms with Crippen molar-refractivity contribution in [2.24, 2.45) is 5.73 Å². The Morgan fingerprint density at radius 2 is 2.13 bits per heavy atom. The van der Waals surface area contributed by atoms with Crippen molar-refractivity contribution in [2.45, 2.75) is 13.5 Å². The van der Waals surface area contributed by atoms with E-state index >= 15 is 0 Å². The summed E-state index contributed by atoms with van der Waals surface area (Å²) in [6.07, 6.45) is 0. The number of hydrogen-bond acceptors (Lipinski definition) is 2. The summed E-state index contributed by atoms with van der Waals surface area (Å²) >= 11 is 5.22. The van der Waals surface area contributed by atoms with Crippen molar-refractivity contribution in [1.82, 2.24) is 0 Å². The van der Waals surface area contributed by atoms with Crippen LogP contribution >= 0.6 is 27.3 Å². The van der Waals surface area contributed by atoms with Crippen molar-refractivity contribution < 1.29 is 0 Å². The molecule has 0 radical (unpaired) electrons. The molecule has 0 atom stereocenters. The minimum absolute atomic E-state index is 0.617. The summed E-state index contributed by atoms with van der Waals surface area (Å²) in [6, 6.07) is 8.52. The Kier molecular flexibility index (Phi) is 3.24. The lowest BCUT2D eigenvalue weighted by Crippen LogP contribution is -1.92. The van der Waals surface area contributed by atoms with Crippen LogP contribution in [0.5, 0.6) is 0 Å². The molecular formula is C12H12BrNS. The average Bonchev–Trinajstić information content (AvgIpc) is 2.66. The molecule has 2 rings (SSSR count). The summed E-state index contributed by atoms with van der Waals surface area (Å²) in [4.78, 5) is 1.29. The Morgan fingerprint density at radius 1 is 1.33 bits per heavy atom. The minimum atomic E-state index is 0.617. The van der Waals surface area contributed by atoms with E-state index in [0.717, 1.165) is 4.47 Å². The highest BCUT2D eigenvalue weighted by molar-refractivity contribution is 9.10. The van der Waals surface area contributed by atoms with Crippen molar-refractivity contribution in [3.8, 4) is 10.4 Å². The maximum absolute atomic E-state index is 5.60. The fourth-order valence-electron chi connectivity index (χ4n) is 1.53. The highest BCUT2D eigenvalue weighted by atomic mass is 79.9. The quantitative estimate of drug-likeness (QED) is 0.887. The molecule has 0 saturated heterocycles. The molecular weight excluding hydrogens is 270 g/mol. The van der Waals surface area contributed by atoms with Crippen LogP contribution in [0.15, 0.2) is 34.1 Å². The first-order valence-electron chi connectivity index (χ1n) is 4.74. The van der Waals surface area contributed by atoms with Gasteiger partial charge in [0.05, 0.1) is 0 Å². The van der Waals surface area contributed by atoms with Crippen LogP contribution in [0.2, 0.25) is 0 Å². The molecule has 0 fully saturated rings. The van der Waals surface area contributed by atoms with E-state index in [9.17, 15) is 0 Å². The van der Waals surface area contributed by atoms with Gasteiger partial charge in [0.25, 0.3) is 0 Å². The molecule has 1 aromatic heterocycles. The van der Waals surface area contributed by atoms with Crippen molar-refractivity contribution in [1.29, 1.82) is 0 Å². The highest BCUT2D eigenvalue weighted by Gasteiger charge is 2.05. The van der Waals surface area contributed by atoms with Gasteiger partial charge in [-0.2, -0.15) is 0 Å². The summed E-state index contributed by atoms with van der Waals surface area (Å²) in [7, 11) is 0. The van der Waals surface area contributed by atoms with Gasteiger partial charge in [0.15, 0.2) is 0 Å². The molecule has 1 heterocycles. The molecule has 2 N–H and O–H groups in total. The third-order valence-corrected chi connectivity index (χ3v) is 3.85. The van der Waals surface area contributed by atoms with E-state index in [2.05, 4.69) is 52.5 Å². The van der Waals surface area contributed by atoms with Gasteiger partial charge >= 0.3 is 0 Å². The predicted molar refractivity (Wildman–Crippen MR) is 70.1 cm³/mol. The highest BCUT2D eigenvalue weighted by Crippen LogP contribution is 2.31. The zero-order valence-electron chi connectivity index (χ0n) is 8.46. The second-order valence-corrected chi connectivity index (χ2v) is 5.31. The minimum Gasteiger partial charge on any atom is -0.326 e. The van der Waals surface area contributed by atoms with Crippen LogP contribution in [-0.2, 0) is 6.54 Å². The monoisotopic (exact) mass is 281 g/mol. The molecule has 0 unspecified atom stereocenters. The van der Waals surface area contributed by atoms with Gasteiger partial charge in [-0.25, -0.2) is 0 Å². The van der Waals surface area contributed by atoms with Crippen molar-refractivity contribution in [2.75, 3.05) is 0 Å². The third-order valence-electron chi connectivity index (χ3n) is 2.34. The van der Waals surface area contributed by atoms with Crippen LogP contribution in [0.25, 0.3) is 10.4 Å². The molecule has 0 spiro atoms. The number of halogens is 1. The van der Waals surface area contributed by atoms with Crippen LogP contribution < -0.4 is 5.73 Å². The van der Waals surface area contributed by atoms with Gasteiger partial charge < -0.3 is 5.73 Å². The fourth-order valence-corrected chi connectivity index (χ4v) is 3.02. The summed E-state index contributed by atoms with van der Waals surface area (Å²) in [5, 5.41) is 2.12. The molecule has 0 saturated carbocycles. The molecule has 1 aromatic carbocycles. The molecule has 2 aromatic rings. The van der Waals surface area contributed by atoms with Crippen molar-refractivity contribution in [3.05, 3.63) is 45.2 Å². The first-order valence-corrected chi connectivity index (χ1v) is 6.42. The lowest BCUT2D eigenvalue weighted by molar-refractivity contribution is 1.08. The van der Waals surface area contributed by atoms with E-state index in [1.165, 1.54) is 21.6 Å². The first-order chi connectivity index (χ1) is 7.20. The number of thiophene rings is 1. The molecule has 0 bridgehead atoms. The van der Waals surface area contributed by atoms with Gasteiger partial charge in [0.1, 0.15) is 0 Å². The molecule has 0 aliphatic heterocycles. The van der Waals surface area contributed by atoms with Crippen molar-refractivity contribution in [3.63, 3.8) is 0 Å². The largest absolute Gasteiger partial charge is 0.326 e. The molecule has 3 heteroatoms. The van der Waals surface area contributed by atoms with Gasteiger partial charge in [-0.05, 0) is 47.2 Å². The van der Waals surface area contributed by atoms with E-state index < -0.39 is 0 Å². The normalized spacial score (nSPS) is 10.6. The summed E-state index contributed by atoms with van der Waals surface area (Å²) in [5.41, 5.74) is 9.39. The Labute approximate surface area is 102 Å². The second-order valence-electron chi connectivity index (χ2n) is 3.48. The van der Waals surface area contributed by atoms with Crippen LogP contribution in [0.4, 0.5) is 0 Å². The fraction of sp³-hybridized carbons (Fsp3) is 0.167. The van der Waals surface area contributed by atoms with Crippen LogP contribution in [0, 0.1) is 6.92 Å². The predicted octanol–water partition coefficient (Wildman–Crippen LogP) is 3.94. The Hall–Kier alpha value is -0.640. The lowest BCUT2D eigenvalue weighted by Gasteiger charge is -2.03. The van der Waals surface area contributed by atoms with Gasteiger partial charge in [-0.15, -0.1) is 11.3 Å². The van der Waals surface area contributed by atoms with Gasteiger partial charge in [-0.3, -0.25) is 0 Å². The molecule has 0 amide bonds. The van der Waals surface area contributed by atoms with E-state index in [-0.39, 0.29) is 0 Å². The van der Waals surface area contributed by atoms with E-state index in [4.69, 9.17) is 5.73 Å². The maximum atomic E-state index is 5.60. The summed E-state index contributed by atoms with van der Waals surface area (Å²) in [6.45, 7) is 2.74. The molecule has 15 heavy (non-hydrogen) atoms. The van der Waals surface area contributed by atoms with Gasteiger partial charge in [-0.1, -0.05) is 22.0 Å². The molecule has 78 valence electrons. The Bertz CT molecular complexity index is 476. The first kappa shape index (κ1) is 10.9.